The van der Waals surface area contributed by atoms with Gasteiger partial charge in [-0.25, -0.2) is 0 Å². The number of aryl methyl sites for hydroxylation is 1. The average Bonchev–Trinajstić information content (AvgIpc) is 2.92. The number of hydrogen-bond donors (Lipinski definition) is 0. The van der Waals surface area contributed by atoms with Crippen molar-refractivity contribution in [2.45, 2.75) is 20.0 Å². The highest BCUT2D eigenvalue weighted by molar-refractivity contribution is 5.99. The quantitative estimate of drug-likeness (QED) is 0.449. The van der Waals surface area contributed by atoms with Gasteiger partial charge in [-0.3, -0.25) is 9.78 Å². The molecule has 0 amide bonds. The summed E-state index contributed by atoms with van der Waals surface area (Å²) in [5.41, 5.74) is 4.63. The topological polar surface area (TPSA) is 91.6 Å². The molecule has 1 aromatic heterocycles. The maximum atomic E-state index is 12.4. The number of aromatic nitrogens is 1. The van der Waals surface area contributed by atoms with Crippen molar-refractivity contribution < 1.29 is 19.5 Å². The van der Waals surface area contributed by atoms with Crippen molar-refractivity contribution in [2.75, 3.05) is 0 Å². The number of rotatable bonds is 6. The van der Waals surface area contributed by atoms with Gasteiger partial charge in [0.25, 0.3) is 5.09 Å². The molecule has 1 aromatic carbocycles. The van der Waals surface area contributed by atoms with Crippen molar-refractivity contribution in [3.05, 3.63) is 81.7 Å². The summed E-state index contributed by atoms with van der Waals surface area (Å²) < 4.78 is 5.41. The van der Waals surface area contributed by atoms with Crippen LogP contribution in [-0.2, 0) is 16.2 Å². The molecule has 7 heteroatoms. The molecule has 1 aliphatic carbocycles. The average molecular weight is 352 g/mol. The first kappa shape index (κ1) is 17.3. The summed E-state index contributed by atoms with van der Waals surface area (Å²) in [5, 5.41) is 9.40. The molecule has 0 spiro atoms. The zero-order valence-electron chi connectivity index (χ0n) is 14.1. The molecule has 7 nitrogen and oxygen atoms in total. The van der Waals surface area contributed by atoms with Crippen LogP contribution in [0, 0.1) is 17.0 Å². The lowest BCUT2D eigenvalue weighted by atomic mass is 10.0. The number of nitrogens with zero attached hydrogens (tertiary/aromatic N) is 2. The Morgan fingerprint density at radius 2 is 2.04 bits per heavy atom. The Kier molecular flexibility index (Phi) is 4.79. The molecule has 0 N–H and O–H groups in total. The Morgan fingerprint density at radius 1 is 1.31 bits per heavy atom. The first-order valence-corrected chi connectivity index (χ1v) is 7.87. The third kappa shape index (κ3) is 3.77. The van der Waals surface area contributed by atoms with Crippen molar-refractivity contribution in [3.8, 4) is 5.75 Å². The number of hydrogen-bond acceptors (Lipinski definition) is 6. The summed E-state index contributed by atoms with van der Waals surface area (Å²) >= 11 is 0. The molecular formula is C19H16N2O5. The van der Waals surface area contributed by atoms with E-state index in [2.05, 4.69) is 16.4 Å². The minimum absolute atomic E-state index is 0.0884. The molecule has 0 unspecified atom stereocenters. The highest BCUT2D eigenvalue weighted by Crippen LogP contribution is 2.36. The van der Waals surface area contributed by atoms with Gasteiger partial charge < -0.3 is 9.57 Å². The number of allylic oxidation sites excluding steroid dienone is 2. The Bertz CT molecular complexity index is 933. The Balaban J connectivity index is 1.71. The Hall–Kier alpha value is -3.48. The van der Waals surface area contributed by atoms with E-state index in [0.717, 1.165) is 22.3 Å². The summed E-state index contributed by atoms with van der Waals surface area (Å²) in [5.74, 6) is -0.192. The lowest BCUT2D eigenvalue weighted by Crippen LogP contribution is -2.10. The van der Waals surface area contributed by atoms with Gasteiger partial charge in [0.05, 0.1) is 12.1 Å². The second kappa shape index (κ2) is 7.18. The summed E-state index contributed by atoms with van der Waals surface area (Å²) in [6.07, 6.45) is 3.40. The van der Waals surface area contributed by atoms with Crippen LogP contribution < -0.4 is 4.74 Å². The van der Waals surface area contributed by atoms with Gasteiger partial charge in [-0.2, -0.15) is 0 Å². The predicted molar refractivity (Wildman–Crippen MR) is 94.5 cm³/mol. The SMILES string of the molecule is C=C1C=C(CC(=O)Oc2cc(CO[N+](=O)[O-])cnc2C)c2ccccc21. The van der Waals surface area contributed by atoms with E-state index in [1.54, 1.807) is 6.92 Å². The molecule has 1 heterocycles. The number of pyridine rings is 1. The van der Waals surface area contributed by atoms with Crippen LogP contribution in [0.3, 0.4) is 0 Å². The second-order valence-corrected chi connectivity index (χ2v) is 5.82. The van der Waals surface area contributed by atoms with Crippen LogP contribution in [0.4, 0.5) is 0 Å². The Labute approximate surface area is 149 Å². The summed E-state index contributed by atoms with van der Waals surface area (Å²) in [7, 11) is 0. The molecule has 0 fully saturated rings. The van der Waals surface area contributed by atoms with E-state index < -0.39 is 11.1 Å². The minimum Gasteiger partial charge on any atom is -0.424 e. The van der Waals surface area contributed by atoms with Crippen molar-refractivity contribution in [3.63, 3.8) is 0 Å². The van der Waals surface area contributed by atoms with Gasteiger partial charge in [0.15, 0.2) is 5.75 Å². The molecule has 0 radical (unpaired) electrons. The first-order chi connectivity index (χ1) is 12.4. The van der Waals surface area contributed by atoms with Crippen molar-refractivity contribution in [2.24, 2.45) is 0 Å². The molecule has 132 valence electrons. The van der Waals surface area contributed by atoms with Crippen LogP contribution in [0.15, 0.2) is 49.2 Å². The smallest absolute Gasteiger partial charge is 0.315 e. The van der Waals surface area contributed by atoms with Crippen LogP contribution in [-0.4, -0.2) is 16.0 Å². The molecule has 0 saturated heterocycles. The molecule has 3 rings (SSSR count). The maximum Gasteiger partial charge on any atom is 0.315 e. The fourth-order valence-electron chi connectivity index (χ4n) is 2.73. The monoisotopic (exact) mass is 352 g/mol. The fraction of sp³-hybridized carbons (Fsp3) is 0.158. The maximum absolute atomic E-state index is 12.4. The summed E-state index contributed by atoms with van der Waals surface area (Å²) in [6.45, 7) is 5.42. The molecule has 26 heavy (non-hydrogen) atoms. The van der Waals surface area contributed by atoms with Gasteiger partial charge in [0, 0.05) is 6.20 Å². The normalized spacial score (nSPS) is 12.3. The van der Waals surface area contributed by atoms with Gasteiger partial charge in [0.1, 0.15) is 6.61 Å². The van der Waals surface area contributed by atoms with Crippen LogP contribution in [0.1, 0.15) is 28.8 Å². The summed E-state index contributed by atoms with van der Waals surface area (Å²) in [6, 6.07) is 9.24. The second-order valence-electron chi connectivity index (χ2n) is 5.82. The first-order valence-electron chi connectivity index (χ1n) is 7.87. The molecule has 0 bridgehead atoms. The standard InChI is InChI=1S/C19H16N2O5/c1-12-7-15(17-6-4-3-5-16(12)17)9-19(22)26-18-8-14(10-20-13(18)2)11-25-21(23)24/h3-8,10H,1,9,11H2,2H3. The minimum atomic E-state index is -0.886. The van der Waals surface area contributed by atoms with E-state index in [1.807, 2.05) is 30.3 Å². The molecule has 0 saturated carbocycles. The van der Waals surface area contributed by atoms with Crippen molar-refractivity contribution in [1.29, 1.82) is 0 Å². The van der Waals surface area contributed by atoms with E-state index in [1.165, 1.54) is 12.3 Å². The molecular weight excluding hydrogens is 336 g/mol. The largest absolute Gasteiger partial charge is 0.424 e. The van der Waals surface area contributed by atoms with E-state index >= 15 is 0 Å². The number of esters is 1. The summed E-state index contributed by atoms with van der Waals surface area (Å²) in [4.78, 5) is 31.0. The highest BCUT2D eigenvalue weighted by atomic mass is 16.9. The zero-order chi connectivity index (χ0) is 18.7. The highest BCUT2D eigenvalue weighted by Gasteiger charge is 2.20. The zero-order valence-corrected chi connectivity index (χ0v) is 14.1. The molecule has 1 aliphatic rings. The predicted octanol–water partition coefficient (Wildman–Crippen LogP) is 3.50. The van der Waals surface area contributed by atoms with Gasteiger partial charge in [-0.05, 0) is 40.8 Å². The molecule has 0 atom stereocenters. The Morgan fingerprint density at radius 3 is 2.77 bits per heavy atom. The van der Waals surface area contributed by atoms with E-state index in [-0.39, 0.29) is 18.8 Å². The number of carbonyl (C=O) groups is 1. The lowest BCUT2D eigenvalue weighted by molar-refractivity contribution is -0.763. The van der Waals surface area contributed by atoms with Gasteiger partial charge >= 0.3 is 5.97 Å². The number of ether oxygens (including phenoxy) is 1. The number of carbonyl (C=O) groups excluding carboxylic acids is 1. The fourth-order valence-corrected chi connectivity index (χ4v) is 2.73. The van der Waals surface area contributed by atoms with Gasteiger partial charge in [-0.15, -0.1) is 10.1 Å². The van der Waals surface area contributed by atoms with E-state index in [0.29, 0.717) is 11.3 Å². The van der Waals surface area contributed by atoms with E-state index in [9.17, 15) is 14.9 Å². The third-order valence-electron chi connectivity index (χ3n) is 3.96. The van der Waals surface area contributed by atoms with Gasteiger partial charge in [-0.1, -0.05) is 36.9 Å². The third-order valence-corrected chi connectivity index (χ3v) is 3.96. The van der Waals surface area contributed by atoms with Crippen LogP contribution in [0.2, 0.25) is 0 Å². The van der Waals surface area contributed by atoms with Crippen molar-refractivity contribution in [1.82, 2.24) is 4.98 Å². The molecule has 0 aliphatic heterocycles. The van der Waals surface area contributed by atoms with Crippen LogP contribution >= 0.6 is 0 Å². The number of benzene rings is 1. The number of fused-ring (bicyclic) bond motifs is 1. The van der Waals surface area contributed by atoms with Crippen molar-refractivity contribution >= 4 is 17.1 Å². The van der Waals surface area contributed by atoms with Crippen LogP contribution in [0.5, 0.6) is 5.75 Å². The van der Waals surface area contributed by atoms with Crippen LogP contribution in [0.25, 0.3) is 11.1 Å². The van der Waals surface area contributed by atoms with Gasteiger partial charge in [0.2, 0.25) is 0 Å². The molecule has 2 aromatic rings. The lowest BCUT2D eigenvalue weighted by Gasteiger charge is -2.10. The van der Waals surface area contributed by atoms with E-state index in [4.69, 9.17) is 4.74 Å².